The fourth-order valence-electron chi connectivity index (χ4n) is 2.44. The van der Waals surface area contributed by atoms with Gasteiger partial charge in [0, 0.05) is 33.4 Å². The normalized spacial score (nSPS) is 11.0. The molecule has 0 radical (unpaired) electrons. The fourth-order valence-corrected chi connectivity index (χ4v) is 3.38. The first-order valence-electron chi connectivity index (χ1n) is 6.47. The Kier molecular flexibility index (Phi) is 2.72. The molecule has 3 aromatic heterocycles. The van der Waals surface area contributed by atoms with Gasteiger partial charge in [-0.05, 0) is 23.8 Å². The molecule has 4 nitrogen and oxygen atoms in total. The van der Waals surface area contributed by atoms with E-state index in [1.165, 1.54) is 4.70 Å². The first-order valence-corrected chi connectivity index (χ1v) is 7.34. The van der Waals surface area contributed by atoms with Crippen molar-refractivity contribution in [2.75, 3.05) is 5.73 Å². The number of hydrogen-bond donors (Lipinski definition) is 1. The molecule has 0 aliphatic heterocycles. The molecule has 1 aromatic carbocycles. The third-order valence-corrected chi connectivity index (χ3v) is 4.38. The van der Waals surface area contributed by atoms with Crippen molar-refractivity contribution in [3.8, 4) is 22.5 Å². The second-order valence-corrected chi connectivity index (χ2v) is 5.56. The molecule has 0 fully saturated rings. The molecule has 0 bridgehead atoms. The molecular formula is C16H11N3OS. The zero-order valence-corrected chi connectivity index (χ0v) is 11.8. The monoisotopic (exact) mass is 293 g/mol. The van der Waals surface area contributed by atoms with Crippen LogP contribution in [0, 0.1) is 0 Å². The van der Waals surface area contributed by atoms with Gasteiger partial charge in [0.1, 0.15) is 0 Å². The number of aromatic nitrogens is 2. The summed E-state index contributed by atoms with van der Waals surface area (Å²) in [6.07, 6.45) is 3.47. The third kappa shape index (κ3) is 1.90. The second kappa shape index (κ2) is 4.71. The number of thiophene rings is 1. The zero-order chi connectivity index (χ0) is 14.2. The largest absolute Gasteiger partial charge is 0.380 e. The molecule has 0 amide bonds. The van der Waals surface area contributed by atoms with Gasteiger partial charge in [-0.3, -0.25) is 4.98 Å². The van der Waals surface area contributed by atoms with E-state index in [1.807, 2.05) is 24.3 Å². The van der Waals surface area contributed by atoms with Gasteiger partial charge in [0.25, 0.3) is 0 Å². The van der Waals surface area contributed by atoms with Crippen LogP contribution in [0.1, 0.15) is 0 Å². The van der Waals surface area contributed by atoms with Gasteiger partial charge in [0.2, 0.25) is 0 Å². The van der Waals surface area contributed by atoms with Crippen molar-refractivity contribution in [3.05, 3.63) is 54.2 Å². The predicted octanol–water partition coefficient (Wildman–Crippen LogP) is 4.20. The van der Waals surface area contributed by atoms with Crippen LogP contribution in [0.15, 0.2) is 58.7 Å². The molecule has 102 valence electrons. The summed E-state index contributed by atoms with van der Waals surface area (Å²) in [7, 11) is 0. The highest BCUT2D eigenvalue weighted by atomic mass is 32.1. The van der Waals surface area contributed by atoms with Gasteiger partial charge in [-0.15, -0.1) is 11.3 Å². The highest BCUT2D eigenvalue weighted by Gasteiger charge is 2.20. The highest BCUT2D eigenvalue weighted by molar-refractivity contribution is 7.17. The molecule has 4 aromatic rings. The van der Waals surface area contributed by atoms with E-state index in [0.717, 1.165) is 22.1 Å². The van der Waals surface area contributed by atoms with Crippen LogP contribution in [0.2, 0.25) is 0 Å². The van der Waals surface area contributed by atoms with Crippen molar-refractivity contribution in [3.63, 3.8) is 0 Å². The van der Waals surface area contributed by atoms with Crippen LogP contribution in [0.3, 0.4) is 0 Å². The molecule has 3 heterocycles. The van der Waals surface area contributed by atoms with Crippen molar-refractivity contribution in [2.24, 2.45) is 0 Å². The highest BCUT2D eigenvalue weighted by Crippen LogP contribution is 2.41. The van der Waals surface area contributed by atoms with Gasteiger partial charge in [-0.2, -0.15) is 0 Å². The maximum Gasteiger partial charge on any atom is 0.178 e. The van der Waals surface area contributed by atoms with Crippen LogP contribution in [0.5, 0.6) is 0 Å². The number of pyridine rings is 1. The van der Waals surface area contributed by atoms with E-state index in [-0.39, 0.29) is 0 Å². The molecule has 0 aliphatic carbocycles. The van der Waals surface area contributed by atoms with E-state index in [0.29, 0.717) is 11.6 Å². The van der Waals surface area contributed by atoms with E-state index in [4.69, 9.17) is 10.3 Å². The maximum absolute atomic E-state index is 6.00. The molecule has 2 N–H and O–H groups in total. The first kappa shape index (κ1) is 12.1. The lowest BCUT2D eigenvalue weighted by molar-refractivity contribution is 0.436. The molecule has 21 heavy (non-hydrogen) atoms. The molecule has 0 atom stereocenters. The van der Waals surface area contributed by atoms with Crippen molar-refractivity contribution < 1.29 is 4.52 Å². The van der Waals surface area contributed by atoms with Crippen LogP contribution in [-0.2, 0) is 0 Å². The number of benzene rings is 1. The SMILES string of the molecule is Nc1noc(-c2csc3ccccc23)c1-c1ccncc1. The Balaban J connectivity index is 1.98. The van der Waals surface area contributed by atoms with Gasteiger partial charge in [0.05, 0.1) is 5.56 Å². The average Bonchev–Trinajstić information content (AvgIpc) is 3.11. The summed E-state index contributed by atoms with van der Waals surface area (Å²) in [5, 5.41) is 7.17. The summed E-state index contributed by atoms with van der Waals surface area (Å²) in [4.78, 5) is 4.04. The summed E-state index contributed by atoms with van der Waals surface area (Å²) in [6.45, 7) is 0. The van der Waals surface area contributed by atoms with Gasteiger partial charge in [-0.1, -0.05) is 23.4 Å². The summed E-state index contributed by atoms with van der Waals surface area (Å²) < 4.78 is 6.72. The Morgan fingerprint density at radius 3 is 2.71 bits per heavy atom. The van der Waals surface area contributed by atoms with Gasteiger partial charge >= 0.3 is 0 Å². The molecule has 5 heteroatoms. The molecule has 0 unspecified atom stereocenters. The van der Waals surface area contributed by atoms with Gasteiger partial charge in [0.15, 0.2) is 11.6 Å². The van der Waals surface area contributed by atoms with Crippen LogP contribution in [0.25, 0.3) is 32.5 Å². The Labute approximate surface area is 124 Å². The Bertz CT molecular complexity index is 912. The van der Waals surface area contributed by atoms with E-state index in [9.17, 15) is 0 Å². The van der Waals surface area contributed by atoms with Crippen molar-refractivity contribution in [1.82, 2.24) is 10.1 Å². The lowest BCUT2D eigenvalue weighted by atomic mass is 10.0. The topological polar surface area (TPSA) is 64.9 Å². The second-order valence-electron chi connectivity index (χ2n) is 4.65. The summed E-state index contributed by atoms with van der Waals surface area (Å²) >= 11 is 1.68. The lowest BCUT2D eigenvalue weighted by Gasteiger charge is -2.01. The van der Waals surface area contributed by atoms with Gasteiger partial charge < -0.3 is 10.3 Å². The van der Waals surface area contributed by atoms with Crippen LogP contribution in [0.4, 0.5) is 5.82 Å². The maximum atomic E-state index is 6.00. The smallest absolute Gasteiger partial charge is 0.178 e. The minimum absolute atomic E-state index is 0.395. The van der Waals surface area contributed by atoms with Crippen LogP contribution < -0.4 is 5.73 Å². The first-order chi connectivity index (χ1) is 10.3. The van der Waals surface area contributed by atoms with E-state index in [2.05, 4.69) is 27.7 Å². The fraction of sp³-hybridized carbons (Fsp3) is 0. The number of anilines is 1. The number of nitrogen functional groups attached to an aromatic ring is 1. The molecule has 0 saturated carbocycles. The van der Waals surface area contributed by atoms with Crippen LogP contribution >= 0.6 is 11.3 Å². The number of fused-ring (bicyclic) bond motifs is 1. The Hall–Kier alpha value is -2.66. The summed E-state index contributed by atoms with van der Waals surface area (Å²) in [5.74, 6) is 1.10. The average molecular weight is 293 g/mol. The van der Waals surface area contributed by atoms with Crippen LogP contribution in [-0.4, -0.2) is 10.1 Å². The van der Waals surface area contributed by atoms with E-state index < -0.39 is 0 Å². The standard InChI is InChI=1S/C16H11N3OS/c17-16-14(10-5-7-18-8-6-10)15(20-19-16)12-9-21-13-4-2-1-3-11(12)13/h1-9H,(H2,17,19). The zero-order valence-electron chi connectivity index (χ0n) is 11.0. The number of rotatable bonds is 2. The summed E-state index contributed by atoms with van der Waals surface area (Å²) in [5.41, 5.74) is 8.79. The molecule has 0 saturated heterocycles. The number of hydrogen-bond acceptors (Lipinski definition) is 5. The molecule has 0 aliphatic rings. The quantitative estimate of drug-likeness (QED) is 0.601. The Morgan fingerprint density at radius 2 is 1.86 bits per heavy atom. The number of nitrogens with zero attached hydrogens (tertiary/aromatic N) is 2. The summed E-state index contributed by atoms with van der Waals surface area (Å²) in [6, 6.07) is 12.0. The van der Waals surface area contributed by atoms with E-state index in [1.54, 1.807) is 23.7 Å². The number of nitrogens with two attached hydrogens (primary N) is 1. The van der Waals surface area contributed by atoms with E-state index >= 15 is 0 Å². The minimum atomic E-state index is 0.395. The lowest BCUT2D eigenvalue weighted by Crippen LogP contribution is -1.88. The van der Waals surface area contributed by atoms with Crippen molar-refractivity contribution in [1.29, 1.82) is 0 Å². The predicted molar refractivity (Wildman–Crippen MR) is 85.0 cm³/mol. The third-order valence-electron chi connectivity index (χ3n) is 3.41. The minimum Gasteiger partial charge on any atom is -0.380 e. The molecular weight excluding hydrogens is 282 g/mol. The van der Waals surface area contributed by atoms with Gasteiger partial charge in [-0.25, -0.2) is 0 Å². The van der Waals surface area contributed by atoms with Crippen molar-refractivity contribution in [2.45, 2.75) is 0 Å². The molecule has 0 spiro atoms. The molecule has 4 rings (SSSR count). The van der Waals surface area contributed by atoms with Crippen molar-refractivity contribution >= 4 is 27.2 Å². The Morgan fingerprint density at radius 1 is 1.05 bits per heavy atom.